The molecule has 6 N–H and O–H groups in total. The number of unbranched alkanes of at least 4 members (excludes halogenated alkanes) is 3. The van der Waals surface area contributed by atoms with Crippen molar-refractivity contribution >= 4 is 23.5 Å². The summed E-state index contributed by atoms with van der Waals surface area (Å²) >= 11 is 0. The summed E-state index contributed by atoms with van der Waals surface area (Å²) in [6.07, 6.45) is 4.44. The molecule has 0 radical (unpaired) electrons. The Hall–Kier alpha value is -3.56. The lowest BCUT2D eigenvalue weighted by Gasteiger charge is -2.23. The molecule has 2 aromatic carbocycles. The normalized spacial score (nSPS) is 13.1. The summed E-state index contributed by atoms with van der Waals surface area (Å²) in [6, 6.07) is 16.8. The number of hydrogen-bond donors (Lipinski definition) is 5. The van der Waals surface area contributed by atoms with Gasteiger partial charge in [0, 0.05) is 31.7 Å². The van der Waals surface area contributed by atoms with Crippen molar-refractivity contribution in [1.29, 1.82) is 0 Å². The monoisotopic (exact) mass is 524 g/mol. The van der Waals surface area contributed by atoms with Crippen molar-refractivity contribution in [2.45, 2.75) is 82.8 Å². The third-order valence-corrected chi connectivity index (χ3v) is 6.21. The molecule has 9 heteroatoms. The van der Waals surface area contributed by atoms with Crippen LogP contribution in [0.4, 0.5) is 0 Å². The molecule has 0 heterocycles. The van der Waals surface area contributed by atoms with Crippen LogP contribution in [0.3, 0.4) is 0 Å². The first kappa shape index (κ1) is 30.7. The Balaban J connectivity index is 1.86. The van der Waals surface area contributed by atoms with Gasteiger partial charge in [-0.25, -0.2) is 5.48 Å². The molecule has 0 bridgehead atoms. The molecule has 0 aromatic heterocycles. The largest absolute Gasteiger partial charge is 0.351 e. The Morgan fingerprint density at radius 3 is 1.89 bits per heavy atom. The van der Waals surface area contributed by atoms with Crippen molar-refractivity contribution in [3.63, 3.8) is 0 Å². The maximum absolute atomic E-state index is 13.1. The number of nitrogens with two attached hydrogens (primary N) is 1. The van der Waals surface area contributed by atoms with E-state index in [1.165, 1.54) is 0 Å². The van der Waals surface area contributed by atoms with Crippen molar-refractivity contribution in [3.8, 4) is 0 Å². The maximum Gasteiger partial charge on any atom is 0.243 e. The fraction of sp³-hybridized carbons (Fsp3) is 0.448. The van der Waals surface area contributed by atoms with E-state index in [9.17, 15) is 19.2 Å². The zero-order valence-corrected chi connectivity index (χ0v) is 22.0. The lowest BCUT2D eigenvalue weighted by atomic mass is 10.0. The van der Waals surface area contributed by atoms with E-state index in [2.05, 4.69) is 10.6 Å². The second kappa shape index (κ2) is 17.0. The Labute approximate surface area is 224 Å². The molecule has 2 aromatic rings. The van der Waals surface area contributed by atoms with Crippen LogP contribution in [0.25, 0.3) is 0 Å². The minimum atomic E-state index is -0.833. The summed E-state index contributed by atoms with van der Waals surface area (Å²) in [5, 5.41) is 14.2. The number of carbonyl (C=O) groups is 4. The molecule has 2 rings (SSSR count). The van der Waals surface area contributed by atoms with E-state index in [0.717, 1.165) is 24.0 Å². The van der Waals surface area contributed by atoms with Gasteiger partial charge in [0.15, 0.2) is 0 Å². The SMILES string of the molecule is C[C@@H](CC(=O)CCCCCCC(=O)NO)NC(=O)[C@H](Cc1ccccc1)NC(=O)[C@@H](N)Cc1ccccc1. The topological polar surface area (TPSA) is 151 Å². The number of amides is 3. The summed E-state index contributed by atoms with van der Waals surface area (Å²) in [5.74, 6) is -1.15. The van der Waals surface area contributed by atoms with E-state index >= 15 is 0 Å². The first-order valence-electron chi connectivity index (χ1n) is 13.2. The van der Waals surface area contributed by atoms with Gasteiger partial charge in [0.25, 0.3) is 0 Å². The van der Waals surface area contributed by atoms with Gasteiger partial charge in [-0.3, -0.25) is 24.4 Å². The molecule has 3 amide bonds. The highest BCUT2D eigenvalue weighted by molar-refractivity contribution is 5.90. The molecule has 38 heavy (non-hydrogen) atoms. The van der Waals surface area contributed by atoms with Crippen molar-refractivity contribution in [1.82, 2.24) is 16.1 Å². The van der Waals surface area contributed by atoms with Crippen molar-refractivity contribution in [2.24, 2.45) is 5.73 Å². The molecule has 3 atom stereocenters. The van der Waals surface area contributed by atoms with Crippen LogP contribution in [0.5, 0.6) is 0 Å². The first-order valence-corrected chi connectivity index (χ1v) is 13.2. The van der Waals surface area contributed by atoms with Crippen LogP contribution in [0.2, 0.25) is 0 Å². The summed E-state index contributed by atoms with van der Waals surface area (Å²) in [7, 11) is 0. The van der Waals surface area contributed by atoms with Gasteiger partial charge in [0.1, 0.15) is 11.8 Å². The third-order valence-electron chi connectivity index (χ3n) is 6.21. The molecule has 0 aliphatic rings. The van der Waals surface area contributed by atoms with Gasteiger partial charge < -0.3 is 16.4 Å². The zero-order valence-electron chi connectivity index (χ0n) is 22.0. The number of hydrogen-bond acceptors (Lipinski definition) is 6. The fourth-order valence-electron chi connectivity index (χ4n) is 4.15. The zero-order chi connectivity index (χ0) is 27.8. The highest BCUT2D eigenvalue weighted by Crippen LogP contribution is 2.09. The van der Waals surface area contributed by atoms with E-state index in [-0.39, 0.29) is 24.5 Å². The summed E-state index contributed by atoms with van der Waals surface area (Å²) < 4.78 is 0. The van der Waals surface area contributed by atoms with E-state index in [1.54, 1.807) is 12.4 Å². The molecule has 0 saturated heterocycles. The summed E-state index contributed by atoms with van der Waals surface area (Å²) in [4.78, 5) is 49.4. The van der Waals surface area contributed by atoms with Crippen molar-refractivity contribution in [3.05, 3.63) is 71.8 Å². The van der Waals surface area contributed by atoms with E-state index in [0.29, 0.717) is 32.1 Å². The predicted octanol–water partition coefficient (Wildman–Crippen LogP) is 2.59. The highest BCUT2D eigenvalue weighted by Gasteiger charge is 2.25. The van der Waals surface area contributed by atoms with Crippen molar-refractivity contribution < 1.29 is 24.4 Å². The molecule has 0 fully saturated rings. The predicted molar refractivity (Wildman–Crippen MR) is 145 cm³/mol. The lowest BCUT2D eigenvalue weighted by molar-refractivity contribution is -0.130. The number of carbonyl (C=O) groups excluding carboxylic acids is 4. The van der Waals surface area contributed by atoms with E-state index < -0.39 is 29.9 Å². The molecule has 9 nitrogen and oxygen atoms in total. The summed E-state index contributed by atoms with van der Waals surface area (Å²) in [5.41, 5.74) is 9.56. The second-order valence-electron chi connectivity index (χ2n) is 9.65. The Kier molecular flexibility index (Phi) is 13.8. The van der Waals surface area contributed by atoms with Crippen LogP contribution >= 0.6 is 0 Å². The molecular formula is C29H40N4O5. The molecule has 0 saturated carbocycles. The van der Waals surface area contributed by atoms with Gasteiger partial charge in [-0.2, -0.15) is 0 Å². The average Bonchev–Trinajstić information content (AvgIpc) is 2.91. The first-order chi connectivity index (χ1) is 18.3. The minimum Gasteiger partial charge on any atom is -0.351 e. The molecule has 0 spiro atoms. The minimum absolute atomic E-state index is 0.0411. The van der Waals surface area contributed by atoms with Crippen LogP contribution in [-0.2, 0) is 32.0 Å². The van der Waals surface area contributed by atoms with Gasteiger partial charge in [-0.15, -0.1) is 0 Å². The Bertz CT molecular complexity index is 1020. The number of ketones is 1. The van der Waals surface area contributed by atoms with Gasteiger partial charge in [0.05, 0.1) is 6.04 Å². The number of Topliss-reactive ketones (excluding diaryl/α,β-unsaturated/α-hetero) is 1. The quantitative estimate of drug-likeness (QED) is 0.122. The van der Waals surface area contributed by atoms with Crippen LogP contribution in [-0.4, -0.2) is 46.8 Å². The molecule has 0 aliphatic heterocycles. The van der Waals surface area contributed by atoms with Crippen LogP contribution in [0, 0.1) is 0 Å². The molecular weight excluding hydrogens is 484 g/mol. The Morgan fingerprint density at radius 1 is 0.763 bits per heavy atom. The molecule has 0 aliphatic carbocycles. The number of nitrogens with one attached hydrogen (secondary N) is 3. The molecule has 206 valence electrons. The summed E-state index contributed by atoms with van der Waals surface area (Å²) in [6.45, 7) is 1.77. The number of hydroxylamine groups is 1. The maximum atomic E-state index is 13.1. The second-order valence-corrected chi connectivity index (χ2v) is 9.65. The fourth-order valence-corrected chi connectivity index (χ4v) is 4.15. The average molecular weight is 525 g/mol. The Morgan fingerprint density at radius 2 is 1.32 bits per heavy atom. The highest BCUT2D eigenvalue weighted by atomic mass is 16.5. The standard InChI is InChI=1S/C29H40N4O5/c1-21(18-24(34)16-10-2-3-11-17-27(35)33-38)31-29(37)26(20-23-14-8-5-9-15-23)32-28(36)25(30)19-22-12-6-4-7-13-22/h4-9,12-15,21,25-26,38H,2-3,10-11,16-20,30H2,1H3,(H,31,37)(H,32,36)(H,33,35)/t21-,25-,26-/m0/s1. The number of rotatable bonds is 17. The molecule has 0 unspecified atom stereocenters. The van der Waals surface area contributed by atoms with Gasteiger partial charge in [0.2, 0.25) is 17.7 Å². The van der Waals surface area contributed by atoms with Crippen molar-refractivity contribution in [2.75, 3.05) is 0 Å². The van der Waals surface area contributed by atoms with Crippen LogP contribution < -0.4 is 21.8 Å². The van der Waals surface area contributed by atoms with Gasteiger partial charge in [-0.05, 0) is 37.3 Å². The smallest absolute Gasteiger partial charge is 0.243 e. The van der Waals surface area contributed by atoms with Crippen LogP contribution in [0.15, 0.2) is 60.7 Å². The van der Waals surface area contributed by atoms with Gasteiger partial charge in [-0.1, -0.05) is 73.5 Å². The van der Waals surface area contributed by atoms with Crippen LogP contribution in [0.1, 0.15) is 63.0 Å². The van der Waals surface area contributed by atoms with Gasteiger partial charge >= 0.3 is 0 Å². The van der Waals surface area contributed by atoms with E-state index in [4.69, 9.17) is 10.9 Å². The van der Waals surface area contributed by atoms with E-state index in [1.807, 2.05) is 60.7 Å². The number of benzene rings is 2. The third kappa shape index (κ3) is 12.1. The lowest BCUT2D eigenvalue weighted by Crippen LogP contribution is -2.54.